The molecule has 0 aliphatic carbocycles. The molecule has 1 aromatic carbocycles. The molecule has 11 nitrogen and oxygen atoms in total. The average Bonchev–Trinajstić information content (AvgIpc) is 3.50. The predicted octanol–water partition coefficient (Wildman–Crippen LogP) is 4.88. The summed E-state index contributed by atoms with van der Waals surface area (Å²) in [4.78, 5) is 45.7. The molecule has 2 saturated heterocycles. The topological polar surface area (TPSA) is 127 Å². The number of carbonyl (C=O) groups is 2. The third-order valence-electron chi connectivity index (χ3n) is 7.92. The monoisotopic (exact) mass is 644 g/mol. The van der Waals surface area contributed by atoms with Gasteiger partial charge in [0.1, 0.15) is 10.7 Å². The van der Waals surface area contributed by atoms with Gasteiger partial charge in [-0.3, -0.25) is 9.59 Å². The van der Waals surface area contributed by atoms with E-state index >= 15 is 0 Å². The highest BCUT2D eigenvalue weighted by molar-refractivity contribution is 7.17. The molecule has 0 radical (unpaired) electrons. The van der Waals surface area contributed by atoms with E-state index in [4.69, 9.17) is 21.6 Å². The van der Waals surface area contributed by atoms with Crippen LogP contribution in [0.25, 0.3) is 11.3 Å². The van der Waals surface area contributed by atoms with Crippen molar-refractivity contribution in [1.82, 2.24) is 19.9 Å². The highest BCUT2D eigenvalue weighted by atomic mass is 35.5. The van der Waals surface area contributed by atoms with Crippen molar-refractivity contribution in [2.24, 2.45) is 0 Å². The number of piperazine rings is 1. The Balaban J connectivity index is 1.21. The van der Waals surface area contributed by atoms with Crippen molar-refractivity contribution in [3.05, 3.63) is 82.5 Å². The number of rotatable bonds is 8. The van der Waals surface area contributed by atoms with Crippen molar-refractivity contribution in [2.45, 2.75) is 20.0 Å². The number of anilines is 5. The molecule has 3 aromatic heterocycles. The Hall–Kier alpha value is -4.52. The maximum atomic E-state index is 12.9. The molecule has 232 valence electrons. The summed E-state index contributed by atoms with van der Waals surface area (Å²) in [6, 6.07) is 11.4. The molecule has 2 amide bonds. The molecule has 0 atom stereocenters. The lowest BCUT2D eigenvalue weighted by Crippen LogP contribution is -2.52. The first-order valence-electron chi connectivity index (χ1n) is 14.6. The number of aliphatic hydroxyl groups excluding tert-OH is 1. The van der Waals surface area contributed by atoms with Gasteiger partial charge in [-0.05, 0) is 49.2 Å². The van der Waals surface area contributed by atoms with Gasteiger partial charge < -0.3 is 30.4 Å². The summed E-state index contributed by atoms with van der Waals surface area (Å²) >= 11 is 7.51. The maximum Gasteiger partial charge on any atom is 0.267 e. The van der Waals surface area contributed by atoms with Crippen molar-refractivity contribution in [1.29, 1.82) is 0 Å². The normalized spacial score (nSPS) is 15.1. The lowest BCUT2D eigenvalue weighted by Gasteiger charge is -2.42. The van der Waals surface area contributed by atoms with Gasteiger partial charge in [0.05, 0.1) is 34.4 Å². The van der Waals surface area contributed by atoms with Gasteiger partial charge in [-0.25, -0.2) is 15.0 Å². The molecule has 3 N–H and O–H groups in total. The summed E-state index contributed by atoms with van der Waals surface area (Å²) in [5, 5.41) is 17.2. The van der Waals surface area contributed by atoms with Crippen LogP contribution in [0.5, 0.6) is 0 Å². The quantitative estimate of drug-likeness (QED) is 0.230. The van der Waals surface area contributed by atoms with Gasteiger partial charge in [0.15, 0.2) is 10.9 Å². The Kier molecular flexibility index (Phi) is 8.70. The number of nitrogens with zero attached hydrogens (tertiary/aromatic N) is 6. The number of aryl methyl sites for hydroxylation is 2. The molecule has 6 rings (SSSR count). The number of aromatic nitrogens is 3. The number of hydrogen-bond acceptors (Lipinski definition) is 10. The number of para-hydroxylation sites is 1. The molecule has 2 fully saturated rings. The van der Waals surface area contributed by atoms with Crippen molar-refractivity contribution < 1.29 is 14.7 Å². The number of thiazole rings is 1. The lowest BCUT2D eigenvalue weighted by molar-refractivity contribution is -0.126. The van der Waals surface area contributed by atoms with Crippen molar-refractivity contribution in [3.8, 4) is 11.3 Å². The summed E-state index contributed by atoms with van der Waals surface area (Å²) in [6.07, 6.45) is 4.30. The molecule has 0 unspecified atom stereocenters. The van der Waals surface area contributed by atoms with E-state index in [0.29, 0.717) is 65.8 Å². The molecule has 2 aliphatic rings. The van der Waals surface area contributed by atoms with E-state index < -0.39 is 0 Å². The lowest BCUT2D eigenvalue weighted by atomic mass is 10.1. The second-order valence-corrected chi connectivity index (χ2v) is 12.5. The first-order valence-corrected chi connectivity index (χ1v) is 15.8. The minimum atomic E-state index is -0.379. The fourth-order valence-corrected chi connectivity index (χ4v) is 6.28. The van der Waals surface area contributed by atoms with Crippen LogP contribution in [0.15, 0.2) is 61.4 Å². The molecule has 13 heteroatoms. The Morgan fingerprint density at radius 2 is 1.82 bits per heavy atom. The van der Waals surface area contributed by atoms with Gasteiger partial charge >= 0.3 is 0 Å². The van der Waals surface area contributed by atoms with Crippen LogP contribution >= 0.6 is 22.9 Å². The Morgan fingerprint density at radius 3 is 2.53 bits per heavy atom. The SMILES string of the molecule is C=CC(=O)N1CCN(c2ncc(-c3ccc(C)c(Nc4ncc(C(=O)Nc5c(C)cccc5Cl)s4)n3)cc2N2CC(O)C2)CC1. The van der Waals surface area contributed by atoms with Crippen LogP contribution in [0.4, 0.5) is 28.1 Å². The van der Waals surface area contributed by atoms with E-state index in [1.807, 2.05) is 38.1 Å². The van der Waals surface area contributed by atoms with Crippen LogP contribution in [0.3, 0.4) is 0 Å². The van der Waals surface area contributed by atoms with E-state index in [-0.39, 0.29) is 17.9 Å². The number of carbonyl (C=O) groups excluding carboxylic acids is 2. The Bertz CT molecular complexity index is 1740. The number of nitrogens with one attached hydrogen (secondary N) is 2. The van der Waals surface area contributed by atoms with E-state index in [1.165, 1.54) is 23.6 Å². The zero-order chi connectivity index (χ0) is 31.7. The van der Waals surface area contributed by atoms with Gasteiger partial charge in [-0.1, -0.05) is 47.7 Å². The standard InChI is InChI=1S/C32H33ClN8O3S/c1-4-27(43)39-10-12-40(13-11-39)30-25(41-17-22(42)18-41)14-21(15-34-30)24-9-8-20(3)29(36-24)38-32-35-16-26(45-32)31(44)37-28-19(2)6-5-7-23(28)33/h4-9,14-16,22,42H,1,10-13,17-18H2,2-3H3,(H,37,44)(H,35,36,38). The summed E-state index contributed by atoms with van der Waals surface area (Å²) in [5.41, 5.74) is 4.82. The number of hydrogen-bond donors (Lipinski definition) is 3. The van der Waals surface area contributed by atoms with Crippen LogP contribution in [0.2, 0.25) is 5.02 Å². The number of β-amino-alcohol motifs (C(OH)–C–C–N with tert-alkyl or cyclic N) is 1. The summed E-state index contributed by atoms with van der Waals surface area (Å²) < 4.78 is 0. The first-order chi connectivity index (χ1) is 21.7. The second kappa shape index (κ2) is 12.8. The number of pyridine rings is 2. The van der Waals surface area contributed by atoms with Gasteiger partial charge in [-0.15, -0.1) is 0 Å². The molecule has 0 spiro atoms. The van der Waals surface area contributed by atoms with Crippen molar-refractivity contribution >= 4 is 62.9 Å². The molecular weight excluding hydrogens is 612 g/mol. The second-order valence-electron chi connectivity index (χ2n) is 11.0. The van der Waals surface area contributed by atoms with Crippen LogP contribution < -0.4 is 20.4 Å². The third kappa shape index (κ3) is 6.48. The van der Waals surface area contributed by atoms with E-state index in [9.17, 15) is 14.7 Å². The van der Waals surface area contributed by atoms with Crippen LogP contribution in [-0.4, -0.2) is 82.1 Å². The van der Waals surface area contributed by atoms with E-state index in [1.54, 1.807) is 17.2 Å². The summed E-state index contributed by atoms with van der Waals surface area (Å²) in [5.74, 6) is 1.08. The fourth-order valence-electron chi connectivity index (χ4n) is 5.30. The largest absolute Gasteiger partial charge is 0.389 e. The molecule has 4 aromatic rings. The average molecular weight is 645 g/mol. The van der Waals surface area contributed by atoms with Crippen molar-refractivity contribution in [3.63, 3.8) is 0 Å². The smallest absolute Gasteiger partial charge is 0.267 e. The first kappa shape index (κ1) is 30.5. The summed E-state index contributed by atoms with van der Waals surface area (Å²) in [7, 11) is 0. The third-order valence-corrected chi connectivity index (χ3v) is 9.15. The van der Waals surface area contributed by atoms with E-state index in [0.717, 1.165) is 33.9 Å². The fraction of sp³-hybridized carbons (Fsp3) is 0.281. The van der Waals surface area contributed by atoms with Gasteiger partial charge in [0.2, 0.25) is 5.91 Å². The zero-order valence-corrected chi connectivity index (χ0v) is 26.5. The molecular formula is C32H33ClN8O3S. The summed E-state index contributed by atoms with van der Waals surface area (Å²) in [6.45, 7) is 11.0. The number of halogens is 1. The molecule has 2 aliphatic heterocycles. The molecule has 0 bridgehead atoms. The highest BCUT2D eigenvalue weighted by Gasteiger charge is 2.30. The van der Waals surface area contributed by atoms with Crippen LogP contribution in [-0.2, 0) is 4.79 Å². The van der Waals surface area contributed by atoms with Crippen LogP contribution in [0, 0.1) is 13.8 Å². The predicted molar refractivity (Wildman–Crippen MR) is 179 cm³/mol. The van der Waals surface area contributed by atoms with Gasteiger partial charge in [0.25, 0.3) is 5.91 Å². The van der Waals surface area contributed by atoms with Gasteiger partial charge in [0, 0.05) is 51.0 Å². The highest BCUT2D eigenvalue weighted by Crippen LogP contribution is 2.36. The molecule has 5 heterocycles. The minimum Gasteiger partial charge on any atom is -0.389 e. The van der Waals surface area contributed by atoms with E-state index in [2.05, 4.69) is 38.1 Å². The maximum absolute atomic E-state index is 12.9. The number of benzene rings is 1. The minimum absolute atomic E-state index is 0.0664. The van der Waals surface area contributed by atoms with Crippen LogP contribution in [0.1, 0.15) is 20.8 Å². The zero-order valence-electron chi connectivity index (χ0n) is 25.0. The Labute approximate surface area is 270 Å². The Morgan fingerprint density at radius 1 is 1.04 bits per heavy atom. The molecule has 0 saturated carbocycles. The van der Waals surface area contributed by atoms with Gasteiger partial charge in [-0.2, -0.15) is 0 Å². The van der Waals surface area contributed by atoms with Crippen molar-refractivity contribution in [2.75, 3.05) is 59.7 Å². The number of amides is 2. The molecule has 45 heavy (non-hydrogen) atoms. The number of aliphatic hydroxyl groups is 1.